The van der Waals surface area contributed by atoms with Gasteiger partial charge in [0.2, 0.25) is 5.91 Å². The number of hydrogen-bond donors (Lipinski definition) is 1. The predicted molar refractivity (Wildman–Crippen MR) is 126 cm³/mol. The van der Waals surface area contributed by atoms with E-state index in [9.17, 15) is 9.59 Å². The molecule has 2 aliphatic heterocycles. The number of esters is 1. The number of alkyl halides is 1. The Labute approximate surface area is 196 Å². The van der Waals surface area contributed by atoms with Crippen LogP contribution in [-0.2, 0) is 14.3 Å². The number of carbonyl (C=O) groups is 2. The van der Waals surface area contributed by atoms with Crippen molar-refractivity contribution in [3.63, 3.8) is 0 Å². The molecule has 0 bridgehead atoms. The summed E-state index contributed by atoms with van der Waals surface area (Å²) in [7, 11) is 0. The highest BCUT2D eigenvalue weighted by Gasteiger charge is 2.52. The Morgan fingerprint density at radius 2 is 1.74 bits per heavy atom. The third-order valence-corrected chi connectivity index (χ3v) is 6.57. The van der Waals surface area contributed by atoms with Gasteiger partial charge in [-0.2, -0.15) is 0 Å². The van der Waals surface area contributed by atoms with Gasteiger partial charge < -0.3 is 10.5 Å². The lowest BCUT2D eigenvalue weighted by molar-refractivity contribution is -0.153. The fourth-order valence-corrected chi connectivity index (χ4v) is 4.95. The SMILES string of the molecule is Cl.NC1C(=O)N2C(C(=O)OC(c3ccccc3)c3ccccc3)=C(/C=C/CCl)CS[C@H]12. The summed E-state index contributed by atoms with van der Waals surface area (Å²) in [4.78, 5) is 27.3. The molecule has 2 aromatic carbocycles. The summed E-state index contributed by atoms with van der Waals surface area (Å²) in [6.07, 6.45) is 2.94. The number of nitrogens with two attached hydrogens (primary N) is 1. The van der Waals surface area contributed by atoms with Crippen molar-refractivity contribution in [2.24, 2.45) is 5.73 Å². The van der Waals surface area contributed by atoms with Crippen molar-refractivity contribution >= 4 is 47.6 Å². The second-order valence-corrected chi connectivity index (χ2v) is 8.39. The largest absolute Gasteiger partial charge is 0.448 e. The van der Waals surface area contributed by atoms with Gasteiger partial charge in [0.1, 0.15) is 17.1 Å². The van der Waals surface area contributed by atoms with Crippen LogP contribution in [0.1, 0.15) is 17.2 Å². The fourth-order valence-electron chi connectivity index (χ4n) is 3.59. The molecule has 2 N–H and O–H groups in total. The summed E-state index contributed by atoms with van der Waals surface area (Å²) in [5.74, 6) is 0.0464. The van der Waals surface area contributed by atoms with E-state index in [2.05, 4.69) is 0 Å². The molecule has 2 heterocycles. The van der Waals surface area contributed by atoms with Gasteiger partial charge in [-0.15, -0.1) is 35.8 Å². The number of carbonyl (C=O) groups excluding carboxylic acids is 2. The number of thioether (sulfide) groups is 1. The third kappa shape index (κ3) is 4.67. The number of rotatable bonds is 6. The van der Waals surface area contributed by atoms with E-state index < -0.39 is 18.1 Å². The average molecular weight is 477 g/mol. The Hall–Kier alpha value is -2.25. The summed E-state index contributed by atoms with van der Waals surface area (Å²) >= 11 is 7.33. The Morgan fingerprint density at radius 3 is 2.29 bits per heavy atom. The van der Waals surface area contributed by atoms with Crippen LogP contribution in [0, 0.1) is 0 Å². The van der Waals surface area contributed by atoms with E-state index in [4.69, 9.17) is 22.1 Å². The van der Waals surface area contributed by atoms with Gasteiger partial charge in [0.05, 0.1) is 0 Å². The van der Waals surface area contributed by atoms with Gasteiger partial charge in [0, 0.05) is 11.6 Å². The van der Waals surface area contributed by atoms with Crippen LogP contribution in [0.25, 0.3) is 0 Å². The molecule has 1 unspecified atom stereocenters. The predicted octanol–water partition coefficient (Wildman–Crippen LogP) is 4.03. The molecule has 0 radical (unpaired) electrons. The third-order valence-electron chi connectivity index (χ3n) is 5.07. The van der Waals surface area contributed by atoms with Gasteiger partial charge in [0.15, 0.2) is 6.10 Å². The summed E-state index contributed by atoms with van der Waals surface area (Å²) in [5, 5.41) is -0.250. The minimum absolute atomic E-state index is 0. The van der Waals surface area contributed by atoms with Crippen molar-refractivity contribution in [1.82, 2.24) is 4.90 Å². The Kier molecular flexibility index (Phi) is 7.84. The van der Waals surface area contributed by atoms with Crippen LogP contribution in [-0.4, -0.2) is 39.8 Å². The molecular weight excluding hydrogens is 455 g/mol. The molecule has 0 aromatic heterocycles. The monoisotopic (exact) mass is 476 g/mol. The zero-order chi connectivity index (χ0) is 21.1. The van der Waals surface area contributed by atoms with Gasteiger partial charge in [0.25, 0.3) is 0 Å². The molecule has 2 aliphatic rings. The topological polar surface area (TPSA) is 72.6 Å². The molecule has 2 aromatic rings. The molecule has 0 spiro atoms. The molecule has 1 saturated heterocycles. The number of β-lactam (4-membered cyclic amide) rings is 1. The lowest BCUT2D eigenvalue weighted by Gasteiger charge is -2.48. The van der Waals surface area contributed by atoms with Crippen LogP contribution in [0.3, 0.4) is 0 Å². The van der Waals surface area contributed by atoms with Crippen LogP contribution >= 0.6 is 35.8 Å². The van der Waals surface area contributed by atoms with Crippen LogP contribution in [0.4, 0.5) is 0 Å². The molecule has 0 aliphatic carbocycles. The number of benzene rings is 2. The molecule has 5 nitrogen and oxygen atoms in total. The molecule has 1 amide bonds. The maximum absolute atomic E-state index is 13.4. The summed E-state index contributed by atoms with van der Waals surface area (Å²) in [6, 6.07) is 18.5. The first-order valence-electron chi connectivity index (χ1n) is 9.58. The number of nitrogens with zero attached hydrogens (tertiary/aromatic N) is 1. The van der Waals surface area contributed by atoms with E-state index in [1.54, 1.807) is 12.2 Å². The fraction of sp³-hybridized carbons (Fsp3) is 0.217. The maximum atomic E-state index is 13.4. The standard InChI is InChI=1S/C23H21ClN2O3S.ClH/c24-13-7-12-17-14-30-22-18(25)21(27)26(22)19(17)23(28)29-20(15-8-3-1-4-9-15)16-10-5-2-6-11-16;/h1-12,18,20,22H,13-14,25H2;1H/b12-7+;/t18?,22-;/m1./s1. The first-order valence-corrected chi connectivity index (χ1v) is 11.2. The van der Waals surface area contributed by atoms with Crippen LogP contribution in [0.2, 0.25) is 0 Å². The van der Waals surface area contributed by atoms with Gasteiger partial charge in [-0.25, -0.2) is 4.79 Å². The van der Waals surface area contributed by atoms with Crippen molar-refractivity contribution in [2.75, 3.05) is 11.6 Å². The molecular formula is C23H22Cl2N2O3S. The highest BCUT2D eigenvalue weighted by atomic mass is 35.5. The Bertz CT molecular complexity index is 959. The van der Waals surface area contributed by atoms with Crippen molar-refractivity contribution in [2.45, 2.75) is 17.5 Å². The molecule has 1 fully saturated rings. The van der Waals surface area contributed by atoms with Crippen molar-refractivity contribution in [1.29, 1.82) is 0 Å². The molecule has 8 heteroatoms. The smallest absolute Gasteiger partial charge is 0.356 e. The summed E-state index contributed by atoms with van der Waals surface area (Å²) in [5.41, 5.74) is 8.61. The summed E-state index contributed by atoms with van der Waals surface area (Å²) in [6.45, 7) is 0. The van der Waals surface area contributed by atoms with E-state index in [1.807, 2.05) is 60.7 Å². The van der Waals surface area contributed by atoms with Gasteiger partial charge in [-0.3, -0.25) is 9.69 Å². The first-order chi connectivity index (χ1) is 14.6. The van der Waals surface area contributed by atoms with Gasteiger partial charge in [-0.1, -0.05) is 72.8 Å². The van der Waals surface area contributed by atoms with E-state index in [0.29, 0.717) is 17.2 Å². The number of hydrogen-bond acceptors (Lipinski definition) is 5. The quantitative estimate of drug-likeness (QED) is 0.387. The molecule has 162 valence electrons. The average Bonchev–Trinajstić information content (AvgIpc) is 2.81. The lowest BCUT2D eigenvalue weighted by atomic mass is 10.0. The first kappa shape index (κ1) is 23.4. The highest BCUT2D eigenvalue weighted by molar-refractivity contribution is 8.00. The molecule has 4 rings (SSSR count). The van der Waals surface area contributed by atoms with Crippen LogP contribution in [0.5, 0.6) is 0 Å². The highest BCUT2D eigenvalue weighted by Crippen LogP contribution is 2.41. The van der Waals surface area contributed by atoms with E-state index in [-0.39, 0.29) is 29.4 Å². The minimum Gasteiger partial charge on any atom is -0.448 e. The zero-order valence-electron chi connectivity index (χ0n) is 16.5. The van der Waals surface area contributed by atoms with Crippen LogP contribution in [0.15, 0.2) is 84.1 Å². The van der Waals surface area contributed by atoms with Crippen molar-refractivity contribution in [3.8, 4) is 0 Å². The second-order valence-electron chi connectivity index (χ2n) is 6.97. The number of allylic oxidation sites excluding steroid dienone is 2. The maximum Gasteiger partial charge on any atom is 0.356 e. The van der Waals surface area contributed by atoms with Crippen LogP contribution < -0.4 is 5.73 Å². The number of ether oxygens (including phenoxy) is 1. The van der Waals surface area contributed by atoms with Gasteiger partial charge in [-0.05, 0) is 16.7 Å². The van der Waals surface area contributed by atoms with E-state index in [1.165, 1.54) is 16.7 Å². The second kappa shape index (κ2) is 10.4. The number of fused-ring (bicyclic) bond motifs is 1. The molecule has 2 atom stereocenters. The van der Waals surface area contributed by atoms with E-state index >= 15 is 0 Å². The Balaban J connectivity index is 0.00000272. The van der Waals surface area contributed by atoms with Gasteiger partial charge >= 0.3 is 5.97 Å². The number of amides is 1. The van der Waals surface area contributed by atoms with Crippen molar-refractivity contribution in [3.05, 3.63) is 95.2 Å². The summed E-state index contributed by atoms with van der Waals surface area (Å²) < 4.78 is 6.00. The van der Waals surface area contributed by atoms with E-state index in [0.717, 1.165) is 11.1 Å². The Morgan fingerprint density at radius 1 is 1.16 bits per heavy atom. The molecule has 31 heavy (non-hydrogen) atoms. The molecule has 0 saturated carbocycles. The minimum atomic E-state index is -0.601. The normalized spacial score (nSPS) is 20.4. The zero-order valence-corrected chi connectivity index (χ0v) is 18.9. The van der Waals surface area contributed by atoms with Crippen molar-refractivity contribution < 1.29 is 14.3 Å². The number of halogens is 2. The lowest BCUT2D eigenvalue weighted by Crippen LogP contribution is -2.68.